The highest BCUT2D eigenvalue weighted by Crippen LogP contribution is 2.33. The molecule has 1 aliphatic rings. The maximum atomic E-state index is 12.6. The van der Waals surface area contributed by atoms with Gasteiger partial charge in [-0.1, -0.05) is 60.7 Å². The largest absolute Gasteiger partial charge is 0.465 e. The Labute approximate surface area is 185 Å². The van der Waals surface area contributed by atoms with E-state index < -0.39 is 0 Å². The second-order valence-electron chi connectivity index (χ2n) is 7.23. The van der Waals surface area contributed by atoms with Crippen molar-refractivity contribution in [2.45, 2.75) is 6.10 Å². The minimum absolute atomic E-state index is 0.165. The van der Waals surface area contributed by atoms with Crippen LogP contribution in [0, 0.1) is 0 Å². The molecule has 2 heterocycles. The smallest absolute Gasteiger partial charge is 0.255 e. The fourth-order valence-corrected chi connectivity index (χ4v) is 3.47. The average Bonchev–Trinajstić information content (AvgIpc) is 3.33. The molecule has 0 saturated heterocycles. The molecule has 6 heteroatoms. The van der Waals surface area contributed by atoms with Crippen molar-refractivity contribution in [2.24, 2.45) is 0 Å². The monoisotopic (exact) mass is 424 g/mol. The molecule has 0 saturated carbocycles. The summed E-state index contributed by atoms with van der Waals surface area (Å²) in [5.74, 6) is 1.40. The fourth-order valence-electron chi connectivity index (χ4n) is 3.47. The summed E-state index contributed by atoms with van der Waals surface area (Å²) in [6, 6.07) is 28.6. The first-order chi connectivity index (χ1) is 15.8. The first-order valence-electron chi connectivity index (χ1n) is 10.2. The summed E-state index contributed by atoms with van der Waals surface area (Å²) >= 11 is 0. The highest BCUT2D eigenvalue weighted by molar-refractivity contribution is 6.04. The molecule has 4 aromatic rings. The van der Waals surface area contributed by atoms with Crippen molar-refractivity contribution in [3.05, 3.63) is 114 Å². The minimum atomic E-state index is -0.293. The Balaban J connectivity index is 1.31. The van der Waals surface area contributed by atoms with Crippen LogP contribution in [0.1, 0.15) is 27.6 Å². The molecule has 6 nitrogen and oxygen atoms in total. The van der Waals surface area contributed by atoms with E-state index in [0.717, 1.165) is 11.1 Å². The summed E-state index contributed by atoms with van der Waals surface area (Å²) < 4.78 is 16.8. The number of benzene rings is 3. The van der Waals surface area contributed by atoms with Crippen molar-refractivity contribution < 1.29 is 19.0 Å². The van der Waals surface area contributed by atoms with Gasteiger partial charge in [0.25, 0.3) is 5.91 Å². The summed E-state index contributed by atoms with van der Waals surface area (Å²) in [5.41, 5.74) is 3.10. The predicted octanol–water partition coefficient (Wildman–Crippen LogP) is 5.23. The Morgan fingerprint density at radius 2 is 1.53 bits per heavy atom. The van der Waals surface area contributed by atoms with E-state index in [4.69, 9.17) is 14.2 Å². The number of anilines is 1. The van der Waals surface area contributed by atoms with Gasteiger partial charge in [0.05, 0.1) is 11.9 Å². The van der Waals surface area contributed by atoms with Gasteiger partial charge in [0.15, 0.2) is 17.6 Å². The van der Waals surface area contributed by atoms with Crippen molar-refractivity contribution in [2.75, 3.05) is 12.1 Å². The number of amides is 1. The maximum absolute atomic E-state index is 12.6. The summed E-state index contributed by atoms with van der Waals surface area (Å²) in [6.07, 6.45) is 1.28. The van der Waals surface area contributed by atoms with Gasteiger partial charge in [0.2, 0.25) is 12.7 Å². The molecule has 158 valence electrons. The number of fused-ring (bicyclic) bond motifs is 1. The van der Waals surface area contributed by atoms with Gasteiger partial charge in [0, 0.05) is 11.6 Å². The van der Waals surface area contributed by atoms with Crippen LogP contribution in [0.15, 0.2) is 97.2 Å². The number of nitrogens with one attached hydrogen (secondary N) is 1. The molecule has 0 bridgehead atoms. The Kier molecular flexibility index (Phi) is 5.41. The number of nitrogens with zero attached hydrogens (tertiary/aromatic N) is 1. The molecule has 0 unspecified atom stereocenters. The van der Waals surface area contributed by atoms with Crippen LogP contribution in [0.25, 0.3) is 0 Å². The molecule has 1 amide bonds. The summed E-state index contributed by atoms with van der Waals surface area (Å²) in [4.78, 5) is 17.0. The zero-order chi connectivity index (χ0) is 21.8. The molecular formula is C26H20N2O4. The van der Waals surface area contributed by atoms with E-state index in [1.54, 1.807) is 36.5 Å². The van der Waals surface area contributed by atoms with Gasteiger partial charge in [-0.3, -0.25) is 4.79 Å². The Bertz CT molecular complexity index is 1170. The van der Waals surface area contributed by atoms with Crippen LogP contribution in [-0.2, 0) is 0 Å². The molecule has 0 radical (unpaired) electrons. The molecule has 0 fully saturated rings. The lowest BCUT2D eigenvalue weighted by molar-refractivity contribution is 0.102. The number of hydrogen-bond acceptors (Lipinski definition) is 5. The topological polar surface area (TPSA) is 69.7 Å². The molecule has 3 aromatic carbocycles. The fraction of sp³-hybridized carbons (Fsp3) is 0.0769. The lowest BCUT2D eigenvalue weighted by atomic mass is 10.0. The molecule has 1 N–H and O–H groups in total. The van der Waals surface area contributed by atoms with E-state index in [9.17, 15) is 4.79 Å². The van der Waals surface area contributed by atoms with Crippen molar-refractivity contribution in [3.8, 4) is 17.4 Å². The number of carbonyl (C=O) groups is 1. The van der Waals surface area contributed by atoms with Gasteiger partial charge < -0.3 is 19.5 Å². The molecule has 0 spiro atoms. The van der Waals surface area contributed by atoms with Gasteiger partial charge in [-0.25, -0.2) is 4.98 Å². The van der Waals surface area contributed by atoms with E-state index >= 15 is 0 Å². The zero-order valence-electron chi connectivity index (χ0n) is 17.1. The number of carbonyl (C=O) groups excluding carboxylic acids is 1. The van der Waals surface area contributed by atoms with E-state index in [1.165, 1.54) is 0 Å². The first-order valence-corrected chi connectivity index (χ1v) is 10.2. The highest BCUT2D eigenvalue weighted by Gasteiger charge is 2.18. The Morgan fingerprint density at radius 1 is 0.844 bits per heavy atom. The Hall–Kier alpha value is -4.32. The van der Waals surface area contributed by atoms with Crippen LogP contribution in [0.5, 0.6) is 17.4 Å². The van der Waals surface area contributed by atoms with Gasteiger partial charge >= 0.3 is 0 Å². The Morgan fingerprint density at radius 3 is 2.19 bits per heavy atom. The molecule has 1 aliphatic heterocycles. The van der Waals surface area contributed by atoms with Gasteiger partial charge in [-0.15, -0.1) is 0 Å². The number of pyridine rings is 1. The highest BCUT2D eigenvalue weighted by atomic mass is 16.7. The summed E-state index contributed by atoms with van der Waals surface area (Å²) in [7, 11) is 0. The molecule has 5 rings (SSSR count). The van der Waals surface area contributed by atoms with Crippen molar-refractivity contribution in [3.63, 3.8) is 0 Å². The number of rotatable bonds is 6. The zero-order valence-corrected chi connectivity index (χ0v) is 17.1. The van der Waals surface area contributed by atoms with Crippen LogP contribution < -0.4 is 19.5 Å². The van der Waals surface area contributed by atoms with Crippen LogP contribution >= 0.6 is 0 Å². The third-order valence-electron chi connectivity index (χ3n) is 5.07. The second kappa shape index (κ2) is 8.81. The number of ether oxygens (including phenoxy) is 3. The quantitative estimate of drug-likeness (QED) is 0.459. The third kappa shape index (κ3) is 4.25. The van der Waals surface area contributed by atoms with Crippen LogP contribution in [-0.4, -0.2) is 17.7 Å². The van der Waals surface area contributed by atoms with Crippen molar-refractivity contribution in [1.82, 2.24) is 4.98 Å². The van der Waals surface area contributed by atoms with Crippen LogP contribution in [0.3, 0.4) is 0 Å². The van der Waals surface area contributed by atoms with Crippen LogP contribution in [0.4, 0.5) is 5.69 Å². The average molecular weight is 424 g/mol. The lowest BCUT2D eigenvalue weighted by Gasteiger charge is -2.19. The summed E-state index contributed by atoms with van der Waals surface area (Å²) in [5, 5.41) is 2.84. The van der Waals surface area contributed by atoms with E-state index in [1.807, 2.05) is 60.7 Å². The first kappa shape index (κ1) is 19.6. The predicted molar refractivity (Wildman–Crippen MR) is 120 cm³/mol. The van der Waals surface area contributed by atoms with Gasteiger partial charge in [-0.2, -0.15) is 0 Å². The normalized spacial score (nSPS) is 11.9. The van der Waals surface area contributed by atoms with E-state index in [0.29, 0.717) is 28.6 Å². The summed E-state index contributed by atoms with van der Waals surface area (Å²) in [6.45, 7) is 0.165. The van der Waals surface area contributed by atoms with Gasteiger partial charge in [-0.05, 0) is 35.4 Å². The third-order valence-corrected chi connectivity index (χ3v) is 5.07. The molecule has 0 aliphatic carbocycles. The molecule has 0 atom stereocenters. The van der Waals surface area contributed by atoms with E-state index in [-0.39, 0.29) is 18.8 Å². The number of hydrogen-bond donors (Lipinski definition) is 1. The van der Waals surface area contributed by atoms with Crippen LogP contribution in [0.2, 0.25) is 0 Å². The van der Waals surface area contributed by atoms with Crippen molar-refractivity contribution >= 4 is 11.6 Å². The molecule has 1 aromatic heterocycles. The maximum Gasteiger partial charge on any atom is 0.255 e. The van der Waals surface area contributed by atoms with Gasteiger partial charge in [0.1, 0.15) is 0 Å². The number of aromatic nitrogens is 1. The SMILES string of the molecule is O=C(Nc1ccc(OC(c2ccccc2)c2ccccc2)nc1)c1ccc2c(c1)OCO2. The van der Waals surface area contributed by atoms with Crippen molar-refractivity contribution in [1.29, 1.82) is 0 Å². The van der Waals surface area contributed by atoms with E-state index in [2.05, 4.69) is 10.3 Å². The standard InChI is InChI=1S/C26H20N2O4/c29-26(20-11-13-22-23(15-20)31-17-30-22)28-21-12-14-24(27-16-21)32-25(18-7-3-1-4-8-18)19-9-5-2-6-10-19/h1-16,25H,17H2,(H,28,29). The molecular weight excluding hydrogens is 404 g/mol. The second-order valence-corrected chi connectivity index (χ2v) is 7.23. The lowest BCUT2D eigenvalue weighted by Crippen LogP contribution is -2.13. The molecule has 32 heavy (non-hydrogen) atoms. The minimum Gasteiger partial charge on any atom is -0.465 e.